The highest BCUT2D eigenvalue weighted by Gasteiger charge is 2.56. The second-order valence-corrected chi connectivity index (χ2v) is 8.38. The normalized spacial score (nSPS) is 20.0. The van der Waals surface area contributed by atoms with E-state index in [1.165, 1.54) is 7.11 Å². The van der Waals surface area contributed by atoms with Crippen molar-refractivity contribution in [1.29, 1.82) is 0 Å². The maximum Gasteiger partial charge on any atom is 0.408 e. The van der Waals surface area contributed by atoms with E-state index in [4.69, 9.17) is 18.9 Å². The summed E-state index contributed by atoms with van der Waals surface area (Å²) >= 11 is 0. The van der Waals surface area contributed by atoms with Crippen LogP contribution in [-0.4, -0.2) is 56.5 Å². The van der Waals surface area contributed by atoms with Gasteiger partial charge in [0.1, 0.15) is 24.7 Å². The van der Waals surface area contributed by atoms with Crippen molar-refractivity contribution >= 4 is 18.0 Å². The number of carbonyl (C=O) groups excluding carboxylic acids is 2. The molecule has 0 aromatic heterocycles. The molecule has 0 saturated heterocycles. The molecule has 200 valence electrons. The van der Waals surface area contributed by atoms with E-state index in [-0.39, 0.29) is 32.0 Å². The van der Waals surface area contributed by atoms with Gasteiger partial charge in [-0.25, -0.2) is 14.6 Å². The van der Waals surface area contributed by atoms with Crippen molar-refractivity contribution < 1.29 is 41.7 Å². The molecular formula is C26H29F3N2O6. The predicted molar refractivity (Wildman–Crippen MR) is 128 cm³/mol. The number of alkyl halides is 3. The van der Waals surface area contributed by atoms with Gasteiger partial charge in [-0.05, 0) is 24.0 Å². The lowest BCUT2D eigenvalue weighted by Crippen LogP contribution is -2.44. The summed E-state index contributed by atoms with van der Waals surface area (Å²) in [7, 11) is 2.35. The molecule has 37 heavy (non-hydrogen) atoms. The van der Waals surface area contributed by atoms with Crippen LogP contribution < -0.4 is 5.32 Å². The number of carbonyl (C=O) groups is 2. The van der Waals surface area contributed by atoms with E-state index in [2.05, 4.69) is 10.3 Å². The van der Waals surface area contributed by atoms with E-state index >= 15 is 0 Å². The Balaban J connectivity index is 1.66. The molecule has 0 fully saturated rings. The summed E-state index contributed by atoms with van der Waals surface area (Å²) in [6, 6.07) is 15.1. The Morgan fingerprint density at radius 2 is 1.57 bits per heavy atom. The zero-order valence-electron chi connectivity index (χ0n) is 20.4. The number of hydrogen-bond acceptors (Lipinski definition) is 7. The Hall–Kier alpha value is -3.60. The SMILES string of the molecule is COC(=O)C(CCC1N=C(OC)C(OCc2ccccc2)C1C(F)(F)F)NC(=O)OCc1ccccc1. The van der Waals surface area contributed by atoms with Crippen LogP contribution in [0, 0.1) is 5.92 Å². The van der Waals surface area contributed by atoms with Gasteiger partial charge in [-0.1, -0.05) is 60.7 Å². The molecule has 0 bridgehead atoms. The number of halogens is 3. The lowest BCUT2D eigenvalue weighted by atomic mass is 9.91. The monoisotopic (exact) mass is 522 g/mol. The van der Waals surface area contributed by atoms with Crippen LogP contribution in [0.15, 0.2) is 65.7 Å². The largest absolute Gasteiger partial charge is 0.482 e. The summed E-state index contributed by atoms with van der Waals surface area (Å²) in [5.74, 6) is -2.98. The lowest BCUT2D eigenvalue weighted by Gasteiger charge is -2.27. The molecule has 8 nitrogen and oxygen atoms in total. The molecular weight excluding hydrogens is 493 g/mol. The number of ether oxygens (including phenoxy) is 4. The quantitative estimate of drug-likeness (QED) is 0.464. The number of aliphatic imine (C=N–C) groups is 1. The zero-order valence-corrected chi connectivity index (χ0v) is 20.4. The summed E-state index contributed by atoms with van der Waals surface area (Å²) in [5.41, 5.74) is 1.43. The molecule has 4 unspecified atom stereocenters. The first-order valence-electron chi connectivity index (χ1n) is 11.6. The first-order chi connectivity index (χ1) is 17.7. The summed E-state index contributed by atoms with van der Waals surface area (Å²) in [4.78, 5) is 28.6. The maximum atomic E-state index is 14.1. The van der Waals surface area contributed by atoms with Crippen molar-refractivity contribution in [2.75, 3.05) is 14.2 Å². The van der Waals surface area contributed by atoms with Gasteiger partial charge in [-0.15, -0.1) is 0 Å². The van der Waals surface area contributed by atoms with Crippen molar-refractivity contribution in [3.63, 3.8) is 0 Å². The molecule has 2 aromatic carbocycles. The third-order valence-corrected chi connectivity index (χ3v) is 5.88. The van der Waals surface area contributed by atoms with Crippen LogP contribution in [-0.2, 0) is 37.0 Å². The minimum atomic E-state index is -4.65. The van der Waals surface area contributed by atoms with E-state index in [0.717, 1.165) is 12.7 Å². The standard InChI is InChI=1S/C26H29F3N2O6/c1-34-23-22(36-15-17-9-5-3-6-10-17)21(26(27,28)29)19(30-23)13-14-20(24(32)35-2)31-25(33)37-16-18-11-7-4-8-12-18/h3-12,19-22H,13-16H2,1-2H3,(H,31,33). The fourth-order valence-electron chi connectivity index (χ4n) is 4.05. The van der Waals surface area contributed by atoms with Crippen LogP contribution in [0.25, 0.3) is 0 Å². The van der Waals surface area contributed by atoms with Gasteiger partial charge >= 0.3 is 18.2 Å². The van der Waals surface area contributed by atoms with Gasteiger partial charge in [-0.3, -0.25) is 0 Å². The van der Waals surface area contributed by atoms with Crippen LogP contribution >= 0.6 is 0 Å². The highest BCUT2D eigenvalue weighted by atomic mass is 19.4. The molecule has 4 atom stereocenters. The van der Waals surface area contributed by atoms with Gasteiger partial charge in [-0.2, -0.15) is 13.2 Å². The van der Waals surface area contributed by atoms with Gasteiger partial charge in [0.05, 0.1) is 26.9 Å². The Morgan fingerprint density at radius 1 is 0.973 bits per heavy atom. The fraction of sp³-hybridized carbons (Fsp3) is 0.423. The Labute approximate surface area is 212 Å². The van der Waals surface area contributed by atoms with Crippen LogP contribution in [0.5, 0.6) is 0 Å². The Bertz CT molecular complexity index is 1050. The van der Waals surface area contributed by atoms with Crippen LogP contribution in [0.3, 0.4) is 0 Å². The van der Waals surface area contributed by atoms with E-state index in [1.54, 1.807) is 54.6 Å². The fourth-order valence-corrected chi connectivity index (χ4v) is 4.05. The number of rotatable bonds is 10. The number of nitrogens with zero attached hydrogens (tertiary/aromatic N) is 1. The number of methoxy groups -OCH3 is 2. The van der Waals surface area contributed by atoms with E-state index in [0.29, 0.717) is 5.56 Å². The van der Waals surface area contributed by atoms with Gasteiger partial charge in [0.15, 0.2) is 0 Å². The average Bonchev–Trinajstić information content (AvgIpc) is 3.27. The molecule has 3 rings (SSSR count). The number of benzene rings is 2. The minimum absolute atomic E-state index is 0.0404. The second-order valence-electron chi connectivity index (χ2n) is 8.38. The zero-order chi connectivity index (χ0) is 26.8. The topological polar surface area (TPSA) is 95.5 Å². The molecule has 0 saturated carbocycles. The molecule has 1 aliphatic heterocycles. The van der Waals surface area contributed by atoms with Crippen LogP contribution in [0.2, 0.25) is 0 Å². The third kappa shape index (κ3) is 7.94. The molecule has 0 spiro atoms. The molecule has 0 aliphatic carbocycles. The summed E-state index contributed by atoms with van der Waals surface area (Å²) in [6.07, 6.45) is -7.37. The molecule has 1 N–H and O–H groups in total. The minimum Gasteiger partial charge on any atom is -0.482 e. The van der Waals surface area contributed by atoms with E-state index in [9.17, 15) is 22.8 Å². The van der Waals surface area contributed by atoms with Crippen LogP contribution in [0.4, 0.5) is 18.0 Å². The number of alkyl carbamates (subject to hydrolysis) is 1. The first kappa shape index (κ1) is 28.0. The van der Waals surface area contributed by atoms with Crippen molar-refractivity contribution in [2.24, 2.45) is 10.9 Å². The van der Waals surface area contributed by atoms with Crippen LogP contribution in [0.1, 0.15) is 24.0 Å². The van der Waals surface area contributed by atoms with Gasteiger partial charge in [0.2, 0.25) is 5.90 Å². The number of hydrogen-bond donors (Lipinski definition) is 1. The molecule has 1 amide bonds. The number of esters is 1. The molecule has 11 heteroatoms. The van der Waals surface area contributed by atoms with Crippen molar-refractivity contribution in [1.82, 2.24) is 5.32 Å². The third-order valence-electron chi connectivity index (χ3n) is 5.88. The highest BCUT2D eigenvalue weighted by molar-refractivity contribution is 5.84. The summed E-state index contributed by atoms with van der Waals surface area (Å²) in [5, 5.41) is 2.37. The maximum absolute atomic E-state index is 14.1. The second kappa shape index (κ2) is 13.1. The molecule has 0 radical (unpaired) electrons. The number of nitrogens with one attached hydrogen (secondary N) is 1. The van der Waals surface area contributed by atoms with E-state index < -0.39 is 42.3 Å². The van der Waals surface area contributed by atoms with Crippen molar-refractivity contribution in [3.8, 4) is 0 Å². The summed E-state index contributed by atoms with van der Waals surface area (Å²) in [6.45, 7) is -0.103. The molecule has 2 aromatic rings. The highest BCUT2D eigenvalue weighted by Crippen LogP contribution is 2.41. The predicted octanol–water partition coefficient (Wildman–Crippen LogP) is 4.43. The van der Waals surface area contributed by atoms with Gasteiger partial charge < -0.3 is 24.3 Å². The average molecular weight is 523 g/mol. The lowest BCUT2D eigenvalue weighted by molar-refractivity contribution is -0.201. The summed E-state index contributed by atoms with van der Waals surface area (Å²) < 4.78 is 63.0. The molecule has 1 aliphatic rings. The Kier molecular flexibility index (Phi) is 9.90. The van der Waals surface area contributed by atoms with Crippen molar-refractivity contribution in [2.45, 2.75) is 50.4 Å². The van der Waals surface area contributed by atoms with E-state index in [1.807, 2.05) is 6.07 Å². The van der Waals surface area contributed by atoms with Gasteiger partial charge in [0.25, 0.3) is 0 Å². The van der Waals surface area contributed by atoms with Crippen molar-refractivity contribution in [3.05, 3.63) is 71.8 Å². The smallest absolute Gasteiger partial charge is 0.408 e. The molecule has 1 heterocycles. The number of amides is 1. The first-order valence-corrected chi connectivity index (χ1v) is 11.6. The Morgan fingerprint density at radius 3 is 2.11 bits per heavy atom. The van der Waals surface area contributed by atoms with Gasteiger partial charge in [0, 0.05) is 0 Å².